The minimum Gasteiger partial charge on any atom is -0.490 e. The van der Waals surface area contributed by atoms with E-state index < -0.39 is 0 Å². The van der Waals surface area contributed by atoms with Gasteiger partial charge in [0.15, 0.2) is 11.5 Å². The molecule has 0 atom stereocenters. The largest absolute Gasteiger partial charge is 0.490 e. The molecular formula is C51H95O3. The molecule has 3 heteroatoms. The lowest BCUT2D eigenvalue weighted by Crippen LogP contribution is -2.06. The van der Waals surface area contributed by atoms with Gasteiger partial charge in [-0.15, -0.1) is 0 Å². The molecule has 1 aromatic rings. The van der Waals surface area contributed by atoms with E-state index >= 15 is 0 Å². The molecule has 0 heterocycles. The van der Waals surface area contributed by atoms with E-state index in [2.05, 4.69) is 26.8 Å². The number of hydrogen-bond acceptors (Lipinski definition) is 3. The third-order valence-corrected chi connectivity index (χ3v) is 11.4. The van der Waals surface area contributed by atoms with E-state index in [1.54, 1.807) is 0 Å². The highest BCUT2D eigenvalue weighted by molar-refractivity contribution is 5.50. The van der Waals surface area contributed by atoms with Crippen molar-refractivity contribution in [2.24, 2.45) is 0 Å². The predicted molar refractivity (Wildman–Crippen MR) is 239 cm³/mol. The fourth-order valence-corrected chi connectivity index (χ4v) is 7.70. The van der Waals surface area contributed by atoms with Crippen LogP contribution in [0.3, 0.4) is 0 Å². The molecule has 0 unspecified atom stereocenters. The first-order valence-electron chi connectivity index (χ1n) is 24.8. The molecule has 1 rings (SSSR count). The maximum atomic E-state index is 6.44. The Morgan fingerprint density at radius 1 is 0.278 bits per heavy atom. The van der Waals surface area contributed by atoms with Crippen LogP contribution in [0.15, 0.2) is 12.1 Å². The molecule has 54 heavy (non-hydrogen) atoms. The van der Waals surface area contributed by atoms with Crippen molar-refractivity contribution in [2.45, 2.75) is 271 Å². The quantitative estimate of drug-likeness (QED) is 0.0621. The van der Waals surface area contributed by atoms with Gasteiger partial charge in [0.05, 0.1) is 19.8 Å². The Morgan fingerprint density at radius 3 is 0.722 bits per heavy atom. The molecule has 0 aliphatic rings. The summed E-state index contributed by atoms with van der Waals surface area (Å²) in [7, 11) is 0. The molecule has 0 fully saturated rings. The monoisotopic (exact) mass is 756 g/mol. The van der Waals surface area contributed by atoms with Gasteiger partial charge in [0, 0.05) is 0 Å². The van der Waals surface area contributed by atoms with Crippen molar-refractivity contribution < 1.29 is 14.2 Å². The van der Waals surface area contributed by atoms with E-state index in [0.717, 1.165) is 56.3 Å². The molecule has 0 spiro atoms. The summed E-state index contributed by atoms with van der Waals surface area (Å²) >= 11 is 0. The third-order valence-electron chi connectivity index (χ3n) is 11.4. The summed E-state index contributed by atoms with van der Waals surface area (Å²) in [5, 5.41) is 0. The summed E-state index contributed by atoms with van der Waals surface area (Å²) in [6, 6.07) is 7.21. The molecule has 0 aliphatic carbocycles. The molecule has 3 nitrogen and oxygen atoms in total. The maximum Gasteiger partial charge on any atom is 0.203 e. The van der Waals surface area contributed by atoms with Crippen LogP contribution in [0.1, 0.15) is 271 Å². The molecule has 0 N–H and O–H groups in total. The van der Waals surface area contributed by atoms with E-state index in [0.29, 0.717) is 0 Å². The number of unbranched alkanes of at least 4 members (excludes halogenated alkanes) is 36. The van der Waals surface area contributed by atoms with Crippen LogP contribution < -0.4 is 14.2 Å². The molecule has 0 amide bonds. The minimum absolute atomic E-state index is 0.728. The normalized spacial score (nSPS) is 11.4. The Hall–Kier alpha value is -1.38. The van der Waals surface area contributed by atoms with Gasteiger partial charge in [-0.2, -0.15) is 0 Å². The average molecular weight is 756 g/mol. The minimum atomic E-state index is 0.728. The topological polar surface area (TPSA) is 27.7 Å². The molecule has 1 aromatic carbocycles. The van der Waals surface area contributed by atoms with Crippen LogP contribution in [0, 0.1) is 6.07 Å². The van der Waals surface area contributed by atoms with Crippen LogP contribution in [0.4, 0.5) is 0 Å². The molecule has 317 valence electrons. The summed E-state index contributed by atoms with van der Waals surface area (Å²) in [4.78, 5) is 0. The highest BCUT2D eigenvalue weighted by Crippen LogP contribution is 2.37. The predicted octanol–water partition coefficient (Wildman–Crippen LogP) is 17.9. The van der Waals surface area contributed by atoms with Gasteiger partial charge < -0.3 is 14.2 Å². The van der Waals surface area contributed by atoms with Crippen molar-refractivity contribution in [3.63, 3.8) is 0 Å². The van der Waals surface area contributed by atoms with Gasteiger partial charge >= 0.3 is 0 Å². The fourth-order valence-electron chi connectivity index (χ4n) is 7.70. The van der Waals surface area contributed by atoms with Gasteiger partial charge in [-0.25, -0.2) is 0 Å². The summed E-state index contributed by atoms with van der Waals surface area (Å²) in [6.07, 6.45) is 53.2. The highest BCUT2D eigenvalue weighted by Gasteiger charge is 2.13. The summed E-state index contributed by atoms with van der Waals surface area (Å²) in [5.74, 6) is 2.43. The first-order chi connectivity index (χ1) is 26.8. The van der Waals surface area contributed by atoms with E-state index in [1.807, 2.05) is 12.1 Å². The lowest BCUT2D eigenvalue weighted by molar-refractivity contribution is 0.234. The molecule has 0 aromatic heterocycles. The Bertz CT molecular complexity index is 803. The Morgan fingerprint density at radius 2 is 0.481 bits per heavy atom. The molecule has 0 saturated carbocycles. The van der Waals surface area contributed by atoms with Crippen LogP contribution in [-0.4, -0.2) is 19.8 Å². The van der Waals surface area contributed by atoms with Crippen LogP contribution in [0.25, 0.3) is 0 Å². The lowest BCUT2D eigenvalue weighted by Gasteiger charge is -2.17. The van der Waals surface area contributed by atoms with Gasteiger partial charge in [-0.05, 0) is 37.5 Å². The highest BCUT2D eigenvalue weighted by atomic mass is 16.5. The zero-order valence-electron chi connectivity index (χ0n) is 37.1. The van der Waals surface area contributed by atoms with Crippen molar-refractivity contribution >= 4 is 0 Å². The van der Waals surface area contributed by atoms with E-state index in [9.17, 15) is 0 Å². The molecule has 0 aliphatic heterocycles. The zero-order valence-corrected chi connectivity index (χ0v) is 37.1. The van der Waals surface area contributed by atoms with Gasteiger partial charge in [0.1, 0.15) is 0 Å². The van der Waals surface area contributed by atoms with Crippen LogP contribution in [0.2, 0.25) is 0 Å². The second-order valence-corrected chi connectivity index (χ2v) is 16.8. The van der Waals surface area contributed by atoms with Gasteiger partial charge in [0.25, 0.3) is 0 Å². The number of benzene rings is 1. The first kappa shape index (κ1) is 50.6. The van der Waals surface area contributed by atoms with Crippen LogP contribution >= 0.6 is 0 Å². The third kappa shape index (κ3) is 33.9. The Kier molecular flexibility index (Phi) is 40.1. The first-order valence-corrected chi connectivity index (χ1v) is 24.8. The van der Waals surface area contributed by atoms with Crippen molar-refractivity contribution in [1.29, 1.82) is 0 Å². The Balaban J connectivity index is 2.33. The Labute approximate surface area is 339 Å². The second kappa shape index (κ2) is 42.8. The molecular weight excluding hydrogens is 661 g/mol. The van der Waals surface area contributed by atoms with Crippen molar-refractivity contribution in [1.82, 2.24) is 0 Å². The van der Waals surface area contributed by atoms with Crippen molar-refractivity contribution in [3.05, 3.63) is 18.2 Å². The zero-order chi connectivity index (χ0) is 38.7. The van der Waals surface area contributed by atoms with Crippen molar-refractivity contribution in [3.8, 4) is 17.2 Å². The standard InChI is InChI=1S/C51H95O3/c1-4-7-10-13-16-19-22-25-28-31-34-37-40-46-52-49-44-43-45-50(53-47-41-38-35-32-29-26-23-20-17-14-11-8-5-2)51(49)54-48-42-39-36-33-30-27-24-21-18-15-12-9-6-3/h44-45H,4-42,46-48H2,1-3H3. The molecule has 0 bridgehead atoms. The SMILES string of the molecule is CCCCCCCCCCCCCCCOc1c[c]cc(OCCCCCCCCCCCCCCC)c1OCCCCCCCCCCCCCCC. The van der Waals surface area contributed by atoms with E-state index in [1.165, 1.54) is 231 Å². The molecule has 0 saturated heterocycles. The van der Waals surface area contributed by atoms with Crippen LogP contribution in [0.5, 0.6) is 17.2 Å². The average Bonchev–Trinajstić information content (AvgIpc) is 3.18. The van der Waals surface area contributed by atoms with E-state index in [-0.39, 0.29) is 0 Å². The van der Waals surface area contributed by atoms with Crippen LogP contribution in [-0.2, 0) is 0 Å². The lowest BCUT2D eigenvalue weighted by atomic mass is 10.0. The van der Waals surface area contributed by atoms with Crippen molar-refractivity contribution in [2.75, 3.05) is 19.8 Å². The van der Waals surface area contributed by atoms with E-state index in [4.69, 9.17) is 14.2 Å². The fraction of sp³-hybridized carbons (Fsp3) is 0.882. The smallest absolute Gasteiger partial charge is 0.203 e. The number of rotatable bonds is 45. The maximum absolute atomic E-state index is 6.44. The van der Waals surface area contributed by atoms with Gasteiger partial charge in [0.2, 0.25) is 5.75 Å². The molecule has 1 radical (unpaired) electrons. The number of ether oxygens (including phenoxy) is 3. The summed E-state index contributed by atoms with van der Waals surface area (Å²) in [5.41, 5.74) is 0. The van der Waals surface area contributed by atoms with Gasteiger partial charge in [-0.1, -0.05) is 252 Å². The second-order valence-electron chi connectivity index (χ2n) is 16.8. The summed E-state index contributed by atoms with van der Waals surface area (Å²) in [6.45, 7) is 9.10. The number of hydrogen-bond donors (Lipinski definition) is 0. The van der Waals surface area contributed by atoms with Gasteiger partial charge in [-0.3, -0.25) is 0 Å². The summed E-state index contributed by atoms with van der Waals surface area (Å²) < 4.78 is 19.1.